The van der Waals surface area contributed by atoms with Gasteiger partial charge in [0.15, 0.2) is 11.6 Å². The van der Waals surface area contributed by atoms with Crippen LogP contribution in [0.3, 0.4) is 0 Å². The van der Waals surface area contributed by atoms with Crippen LogP contribution >= 0.6 is 0 Å². The Morgan fingerprint density at radius 2 is 1.72 bits per heavy atom. The standard InChI is InChI=1S/C32H37N3O4/c1-4-19-32(31(37)35-33-22-23(2)3)29(26-13-11-25(12-14-26)24-9-6-5-7-10-24)39-30(34-32)27-15-17-28(18-16-27)38-21-8-20-36/h4-7,9-18,23,29,33,36H,1,8,19-22H2,2-3H3,(H,35,37)/t29-,32-/m0/s1. The fraction of sp³-hybridized carbons (Fsp3) is 0.312. The molecule has 7 heteroatoms. The van der Waals surface area contributed by atoms with Gasteiger partial charge >= 0.3 is 0 Å². The number of carbonyl (C=O) groups excluding carboxylic acids is 1. The minimum atomic E-state index is -1.24. The Bertz CT molecular complexity index is 1260. The molecule has 4 rings (SSSR count). The van der Waals surface area contributed by atoms with Crippen molar-refractivity contribution >= 4 is 11.8 Å². The monoisotopic (exact) mass is 527 g/mol. The van der Waals surface area contributed by atoms with Crippen molar-refractivity contribution in [2.45, 2.75) is 38.3 Å². The number of nitrogens with one attached hydrogen (secondary N) is 2. The van der Waals surface area contributed by atoms with Crippen LogP contribution in [-0.4, -0.2) is 42.2 Å². The Hall–Kier alpha value is -3.94. The Morgan fingerprint density at radius 3 is 2.36 bits per heavy atom. The third-order valence-corrected chi connectivity index (χ3v) is 6.52. The van der Waals surface area contributed by atoms with E-state index in [1.807, 2.05) is 66.7 Å². The van der Waals surface area contributed by atoms with Gasteiger partial charge in [0.2, 0.25) is 5.90 Å². The molecule has 39 heavy (non-hydrogen) atoms. The van der Waals surface area contributed by atoms with E-state index in [0.717, 1.165) is 22.3 Å². The summed E-state index contributed by atoms with van der Waals surface area (Å²) in [5.41, 5.74) is 8.44. The van der Waals surface area contributed by atoms with E-state index >= 15 is 0 Å². The van der Waals surface area contributed by atoms with E-state index in [1.165, 1.54) is 0 Å². The van der Waals surface area contributed by atoms with Gasteiger partial charge in [-0.1, -0.05) is 74.5 Å². The average Bonchev–Trinajstić information content (AvgIpc) is 3.35. The lowest BCUT2D eigenvalue weighted by atomic mass is 9.84. The molecule has 3 aromatic carbocycles. The molecule has 1 amide bonds. The number of aliphatic hydroxyl groups is 1. The Labute approximate surface area is 230 Å². The third-order valence-electron chi connectivity index (χ3n) is 6.52. The summed E-state index contributed by atoms with van der Waals surface area (Å²) in [4.78, 5) is 18.7. The maximum Gasteiger partial charge on any atom is 0.266 e. The Balaban J connectivity index is 1.66. The number of rotatable bonds is 13. The molecule has 204 valence electrons. The molecular formula is C32H37N3O4. The first kappa shape index (κ1) is 28.1. The van der Waals surface area contributed by atoms with Gasteiger partial charge in [0.25, 0.3) is 5.91 Å². The molecule has 0 saturated carbocycles. The maximum atomic E-state index is 13.7. The number of carbonyl (C=O) groups is 1. The molecule has 7 nitrogen and oxygen atoms in total. The van der Waals surface area contributed by atoms with Gasteiger partial charge in [-0.05, 0) is 46.9 Å². The summed E-state index contributed by atoms with van der Waals surface area (Å²) in [6.07, 6.45) is 1.91. The molecule has 0 saturated heterocycles. The number of aliphatic imine (C=N–C) groups is 1. The zero-order valence-corrected chi connectivity index (χ0v) is 22.6. The van der Waals surface area contributed by atoms with Crippen molar-refractivity contribution in [2.75, 3.05) is 19.8 Å². The minimum Gasteiger partial charge on any atom is -0.494 e. The molecule has 0 aliphatic carbocycles. The second-order valence-corrected chi connectivity index (χ2v) is 10.00. The predicted molar refractivity (Wildman–Crippen MR) is 154 cm³/mol. The highest BCUT2D eigenvalue weighted by Gasteiger charge is 2.52. The van der Waals surface area contributed by atoms with Crippen LogP contribution in [0.5, 0.6) is 5.75 Å². The molecule has 1 heterocycles. The third kappa shape index (κ3) is 6.74. The van der Waals surface area contributed by atoms with E-state index in [-0.39, 0.29) is 12.5 Å². The zero-order valence-electron chi connectivity index (χ0n) is 22.6. The second-order valence-electron chi connectivity index (χ2n) is 10.00. The summed E-state index contributed by atoms with van der Waals surface area (Å²) >= 11 is 0. The first-order valence-corrected chi connectivity index (χ1v) is 13.4. The molecule has 3 N–H and O–H groups in total. The van der Waals surface area contributed by atoms with Gasteiger partial charge in [0.05, 0.1) is 6.61 Å². The van der Waals surface area contributed by atoms with Crippen molar-refractivity contribution in [1.82, 2.24) is 10.9 Å². The molecule has 3 aromatic rings. The summed E-state index contributed by atoms with van der Waals surface area (Å²) in [6, 6.07) is 25.6. The number of ether oxygens (including phenoxy) is 2. The second kappa shape index (κ2) is 13.2. The van der Waals surface area contributed by atoms with Gasteiger partial charge in [-0.25, -0.2) is 10.4 Å². The highest BCUT2D eigenvalue weighted by atomic mass is 16.5. The first-order valence-electron chi connectivity index (χ1n) is 13.4. The first-order chi connectivity index (χ1) is 19.0. The molecule has 0 fully saturated rings. The molecule has 0 unspecified atom stereocenters. The van der Waals surface area contributed by atoms with E-state index in [4.69, 9.17) is 19.6 Å². The van der Waals surface area contributed by atoms with Gasteiger partial charge in [0, 0.05) is 31.6 Å². The van der Waals surface area contributed by atoms with Crippen molar-refractivity contribution in [3.8, 4) is 16.9 Å². The Morgan fingerprint density at radius 1 is 1.05 bits per heavy atom. The van der Waals surface area contributed by atoms with Crippen LogP contribution in [0, 0.1) is 5.92 Å². The van der Waals surface area contributed by atoms with Crippen molar-refractivity contribution in [2.24, 2.45) is 10.9 Å². The number of hydrogen-bond acceptors (Lipinski definition) is 6. The van der Waals surface area contributed by atoms with Crippen molar-refractivity contribution in [3.05, 3.63) is 103 Å². The largest absolute Gasteiger partial charge is 0.494 e. The van der Waals surface area contributed by atoms with Crippen LogP contribution in [0.25, 0.3) is 11.1 Å². The lowest BCUT2D eigenvalue weighted by Gasteiger charge is -2.30. The summed E-state index contributed by atoms with van der Waals surface area (Å²) in [7, 11) is 0. The SMILES string of the molecule is C=CC[C@]1(C(=O)NNCC(C)C)N=C(c2ccc(OCCCO)cc2)O[C@H]1c1ccc(-c2ccccc2)cc1. The number of aliphatic hydroxyl groups excluding tert-OH is 1. The lowest BCUT2D eigenvalue weighted by molar-refractivity contribution is -0.129. The topological polar surface area (TPSA) is 92.2 Å². The normalized spacial score (nSPS) is 18.4. The van der Waals surface area contributed by atoms with Crippen molar-refractivity contribution < 1.29 is 19.4 Å². The number of hydrogen-bond donors (Lipinski definition) is 3. The van der Waals surface area contributed by atoms with Crippen LogP contribution < -0.4 is 15.6 Å². The summed E-state index contributed by atoms with van der Waals surface area (Å²) in [5, 5.41) is 8.99. The Kier molecular flexibility index (Phi) is 9.52. The summed E-state index contributed by atoms with van der Waals surface area (Å²) < 4.78 is 12.1. The minimum absolute atomic E-state index is 0.0793. The maximum absolute atomic E-state index is 13.7. The van der Waals surface area contributed by atoms with Crippen LogP contribution in [0.2, 0.25) is 0 Å². The van der Waals surface area contributed by atoms with Crippen LogP contribution in [0.1, 0.15) is 43.9 Å². The zero-order chi connectivity index (χ0) is 27.7. The van der Waals surface area contributed by atoms with E-state index < -0.39 is 11.6 Å². The number of nitrogens with zero attached hydrogens (tertiary/aromatic N) is 1. The van der Waals surface area contributed by atoms with Crippen LogP contribution in [0.15, 0.2) is 96.5 Å². The van der Waals surface area contributed by atoms with Gasteiger partial charge in [-0.15, -0.1) is 6.58 Å². The van der Waals surface area contributed by atoms with E-state index in [0.29, 0.717) is 43.6 Å². The highest BCUT2D eigenvalue weighted by molar-refractivity contribution is 6.01. The quantitative estimate of drug-likeness (QED) is 0.161. The molecule has 0 radical (unpaired) electrons. The number of amides is 1. The lowest BCUT2D eigenvalue weighted by Crippen LogP contribution is -2.53. The van der Waals surface area contributed by atoms with Crippen molar-refractivity contribution in [3.63, 3.8) is 0 Å². The molecular weight excluding hydrogens is 490 g/mol. The fourth-order valence-electron chi connectivity index (χ4n) is 4.46. The summed E-state index contributed by atoms with van der Waals surface area (Å²) in [5.74, 6) is 1.15. The predicted octanol–water partition coefficient (Wildman–Crippen LogP) is 5.22. The van der Waals surface area contributed by atoms with Crippen LogP contribution in [0.4, 0.5) is 0 Å². The summed E-state index contributed by atoms with van der Waals surface area (Å²) in [6.45, 7) is 9.21. The molecule has 1 aliphatic rings. The smallest absolute Gasteiger partial charge is 0.266 e. The number of hydrazine groups is 1. The van der Waals surface area contributed by atoms with E-state index in [2.05, 4.69) is 43.4 Å². The highest BCUT2D eigenvalue weighted by Crippen LogP contribution is 2.43. The average molecular weight is 528 g/mol. The van der Waals surface area contributed by atoms with Crippen molar-refractivity contribution in [1.29, 1.82) is 0 Å². The van der Waals surface area contributed by atoms with Crippen LogP contribution in [-0.2, 0) is 9.53 Å². The van der Waals surface area contributed by atoms with Gasteiger partial charge in [-0.2, -0.15) is 0 Å². The fourth-order valence-corrected chi connectivity index (χ4v) is 4.46. The molecule has 0 aromatic heterocycles. The van der Waals surface area contributed by atoms with Gasteiger partial charge in [-0.3, -0.25) is 10.2 Å². The molecule has 2 atom stereocenters. The van der Waals surface area contributed by atoms with E-state index in [1.54, 1.807) is 6.08 Å². The van der Waals surface area contributed by atoms with E-state index in [9.17, 15) is 4.79 Å². The molecule has 0 bridgehead atoms. The number of benzene rings is 3. The van der Waals surface area contributed by atoms with Gasteiger partial charge < -0.3 is 14.6 Å². The molecule has 0 spiro atoms. The molecule has 1 aliphatic heterocycles. The van der Waals surface area contributed by atoms with Gasteiger partial charge in [0.1, 0.15) is 5.75 Å².